The molecule has 6 aromatic carbocycles. The van der Waals surface area contributed by atoms with E-state index in [1.165, 1.54) is 80.7 Å². The average Bonchev–Trinajstić information content (AvgIpc) is 0.656. The fourth-order valence-electron chi connectivity index (χ4n) is 18.3. The van der Waals surface area contributed by atoms with Gasteiger partial charge in [-0.05, 0) is 324 Å². The molecule has 24 heteroatoms. The zero-order valence-electron chi connectivity index (χ0n) is 164. The van der Waals surface area contributed by atoms with Gasteiger partial charge in [0.25, 0.3) is 0 Å². The first kappa shape index (κ1) is 45.5. The highest BCUT2D eigenvalue weighted by Crippen LogP contribution is 2.53. The van der Waals surface area contributed by atoms with Gasteiger partial charge in [0.15, 0.2) is 69.0 Å². The van der Waals surface area contributed by atoms with Crippen LogP contribution in [0.3, 0.4) is 0 Å². The van der Waals surface area contributed by atoms with Crippen LogP contribution in [-0.4, -0.2) is 260 Å². The Kier molecular flexibility index (Phi) is 15.4. The molecule has 12 aliphatic heterocycles. The van der Waals surface area contributed by atoms with E-state index in [-0.39, 0.29) is 182 Å². The molecule has 0 saturated carbocycles. The van der Waals surface area contributed by atoms with Crippen LogP contribution in [0.2, 0.25) is 0 Å². The number of hydrogen-bond donors (Lipinski definition) is 6. The summed E-state index contributed by atoms with van der Waals surface area (Å²) in [6.07, 6.45) is -56.0. The summed E-state index contributed by atoms with van der Waals surface area (Å²) in [5.74, 6) is -20.6. The highest BCUT2D eigenvalue weighted by Gasteiger charge is 2.48. The van der Waals surface area contributed by atoms with Crippen molar-refractivity contribution in [2.75, 3.05) is 163 Å². The SMILES string of the molecule is [2H]C([2H])([2H])C(C)(C([2H])([2H])[2H])C([2H])([2H])C1([2H])CN2CCc3cc(OC)c(OC)cc3C2([2H])C([2H])([2H])C1([2H])O.[2H]C([2H])([2H])Oc1cc2c(cc1OC([2H])([2H])[2H])C1([2H])N(CC2)CC([2H])(C([2H])([2H])C(C)(C([2H])([2H])[2H])C([2H])([2H])[2H])C([2H])(O)C1([2H])[2H].[2H]C([2H])([2H])Oc1cc2c(cc1OC([2H])([2H])[2H])C1([2H])N(CC2)CC([2H])(CC(C)C)C([2H])(O)C1([2H])[2H].[2H]C([2H])([2H])Oc1cc2c(cc1OC)C1([2H])N(CC2)CC([2H])(C([2H])([2H])C(C)(C([2H])([2H])[2H])C([2H])([2H])[2H])C([2H])(O)C1([2H])[2H].[2H]C([2H])([2H])Oc1cc2c(cc1OC)C1([2H])N(CC2)CC([2H])(CC(C)C)C([2H])(O)C1([2H])[2H].[2H]C([2H])([2H])Oc1cc2c(cc1OC)CCN1CC([2H])(C([2H])([2H])C(C)(C([2H])([2H])[2H])C([2H])([2H])[2H])C([2H])(O)C([2H])([2H])C21[2H]. The molecule has 0 radical (unpaired) electrons. The first-order valence-corrected chi connectivity index (χ1v) is 45.4. The van der Waals surface area contributed by atoms with Crippen LogP contribution in [0.4, 0.5) is 0 Å². The van der Waals surface area contributed by atoms with Gasteiger partial charge in [-0.2, -0.15) is 0 Å². The molecule has 24 nitrogen and oxygen atoms in total. The predicted octanol–water partition coefficient (Wildman–Crippen LogP) is 19.7. The fourth-order valence-corrected chi connectivity index (χ4v) is 18.3. The van der Waals surface area contributed by atoms with Gasteiger partial charge in [0.05, 0.1) is 167 Å². The summed E-state index contributed by atoms with van der Waals surface area (Å²) in [7, 11) is -14.4. The molecule has 12 aliphatic rings. The average molecular weight is 2060 g/mol. The van der Waals surface area contributed by atoms with Crippen molar-refractivity contribution in [2.45, 2.75) is 298 Å². The second-order valence-corrected chi connectivity index (χ2v) is 36.8. The summed E-state index contributed by atoms with van der Waals surface area (Å²) in [6, 6.07) is -1.21. The van der Waals surface area contributed by atoms with E-state index < -0.39 is 364 Å². The van der Waals surface area contributed by atoms with E-state index in [9.17, 15) is 38.9 Å². The minimum Gasteiger partial charge on any atom is -0.493 e. The fraction of sp³-hybridized carbons (Fsp3) is 0.695. The molecule has 6 N–H and O–H groups in total. The lowest BCUT2D eigenvalue weighted by molar-refractivity contribution is -0.0259. The Bertz CT molecular complexity index is 8990. The van der Waals surface area contributed by atoms with E-state index in [0.29, 0.717) is 56.6 Å². The van der Waals surface area contributed by atoms with Crippen LogP contribution >= 0.6 is 0 Å². The number of ether oxygens (including phenoxy) is 12. The maximum atomic E-state index is 11.5. The lowest BCUT2D eigenvalue weighted by Gasteiger charge is -2.47. The topological polar surface area (TPSA) is 252 Å². The van der Waals surface area contributed by atoms with E-state index >= 15 is 0 Å². The van der Waals surface area contributed by atoms with Crippen molar-refractivity contribution in [3.8, 4) is 69.0 Å². The van der Waals surface area contributed by atoms with E-state index in [1.807, 2.05) is 13.8 Å². The van der Waals surface area contributed by atoms with E-state index in [1.54, 1.807) is 13.8 Å². The Morgan fingerprint density at radius 3 is 0.592 bits per heavy atom. The van der Waals surface area contributed by atoms with Gasteiger partial charge in [-0.15, -0.1) is 0 Å². The van der Waals surface area contributed by atoms with Crippen molar-refractivity contribution in [1.29, 1.82) is 0 Å². The van der Waals surface area contributed by atoms with Gasteiger partial charge in [0, 0.05) is 183 Å². The van der Waals surface area contributed by atoms with E-state index in [4.69, 9.17) is 162 Å². The summed E-state index contributed by atoms with van der Waals surface area (Å²) in [6.45, 7) is -24.9. The number of piperidine rings is 6. The lowest BCUT2D eigenvalue weighted by atomic mass is 9.75. The highest BCUT2D eigenvalue weighted by atomic mass is 16.5. The maximum absolute atomic E-state index is 11.5. The zero-order chi connectivity index (χ0) is 175. The molecule has 142 heavy (non-hydrogen) atoms. The van der Waals surface area contributed by atoms with Crippen LogP contribution in [0, 0.1) is 68.9 Å². The molecule has 792 valence electrons. The third-order valence-corrected chi connectivity index (χ3v) is 24.5. The molecular formula is C118H182N6O18. The van der Waals surface area contributed by atoms with Crippen molar-refractivity contribution in [3.63, 3.8) is 0 Å². The summed E-state index contributed by atoms with van der Waals surface area (Å²) in [5, 5.41) is 67.9. The molecule has 0 aliphatic carbocycles. The molecular weight excluding hydrogens is 1790 g/mol. The Morgan fingerprint density at radius 1 is 0.275 bits per heavy atom. The molecule has 0 spiro atoms. The standard InChI is InChI=1S/4C20H31NO3.2C19H29NO3/c4*1-20(2,3)11-14-12-21-7-6-13-8-18(23-4)19(24-5)9-15(13)16(21)10-17(14)22;2*1-12(2)7-14-11-20-6-5-13-8-18(22-3)19(23-4)9-15(13)16(20)10-17(14)21/h4*8-9,14,16-17,22H,6-7,10-12H2,1-5H3;2*8-9,12,14,16-17,21H,5-7,10-11H2,1-4H3/i1D3,2D3,4D3,5D3,10D2,11D2,14D,16D,17D;1D3,2D3,5D3,10D2,11D2,14D,16D,17D;1D3,2D3,4D3,10D2,11D2,14D,16D,17D;1D3,2D3,10D2,11D2,14D,16D,17D;3D3,4D3,10D2,14D,16D,17D;3D3,10D2,14D,16D,17D. The van der Waals surface area contributed by atoms with Gasteiger partial charge >= 0.3 is 0 Å². The predicted molar refractivity (Wildman–Crippen MR) is 565 cm³/mol. The second kappa shape index (κ2) is 48.2. The maximum Gasteiger partial charge on any atom is 0.161 e. The normalized spacial score (nSPS) is 49.2. The van der Waals surface area contributed by atoms with E-state index in [0.717, 1.165) is 57.0 Å². The highest BCUT2D eigenvalue weighted by molar-refractivity contribution is 5.55. The van der Waals surface area contributed by atoms with Crippen molar-refractivity contribution in [2.24, 2.45) is 68.9 Å². The summed E-state index contributed by atoms with van der Waals surface area (Å²) < 4.78 is 741. The van der Waals surface area contributed by atoms with Gasteiger partial charge in [-0.1, -0.05) is 110 Å². The monoisotopic (exact) mass is 2050 g/mol. The Hall–Kier alpha value is -7.56. The van der Waals surface area contributed by atoms with Crippen LogP contribution in [0.15, 0.2) is 72.8 Å². The number of aliphatic hydroxyl groups is 6. The number of benzene rings is 6. The Morgan fingerprint density at radius 2 is 0.430 bits per heavy atom. The smallest absolute Gasteiger partial charge is 0.161 e. The van der Waals surface area contributed by atoms with Crippen LogP contribution in [0.5, 0.6) is 69.0 Å². The summed E-state index contributed by atoms with van der Waals surface area (Å²) >= 11 is 0. The number of methoxy groups -OCH3 is 12. The van der Waals surface area contributed by atoms with Crippen LogP contribution in [-0.2, 0) is 38.5 Å². The van der Waals surface area contributed by atoms with Crippen molar-refractivity contribution in [1.82, 2.24) is 29.4 Å². The molecule has 0 bridgehead atoms. The van der Waals surface area contributed by atoms with Crippen molar-refractivity contribution in [3.05, 3.63) is 140 Å². The van der Waals surface area contributed by atoms with Gasteiger partial charge in [0.2, 0.25) is 0 Å². The minimum absolute atomic E-state index is 0.0101. The molecule has 6 aromatic rings. The Balaban J connectivity index is 0.000000215. The first-order chi connectivity index (χ1) is 99.5. The molecule has 0 aromatic heterocycles. The largest absolute Gasteiger partial charge is 0.493 e. The molecule has 6 saturated heterocycles. The second-order valence-electron chi connectivity index (χ2n) is 36.8. The number of fused-ring (bicyclic) bond motifs is 18. The molecule has 6 fully saturated rings. The molecule has 18 unspecified atom stereocenters. The molecule has 18 atom stereocenters. The quantitative estimate of drug-likeness (QED) is 0.0415. The van der Waals surface area contributed by atoms with Crippen LogP contribution < -0.4 is 56.8 Å². The van der Waals surface area contributed by atoms with Gasteiger partial charge < -0.3 is 87.5 Å². The molecule has 12 heterocycles. The number of rotatable bonds is 20. The summed E-state index contributed by atoms with van der Waals surface area (Å²) in [4.78, 5) is 6.62. The van der Waals surface area contributed by atoms with Crippen molar-refractivity contribution < 1.29 is 201 Å². The van der Waals surface area contributed by atoms with Crippen molar-refractivity contribution >= 4 is 0 Å². The van der Waals surface area contributed by atoms with Gasteiger partial charge in [-0.3, -0.25) is 29.4 Å². The number of hydrogen-bond acceptors (Lipinski definition) is 24. The summed E-state index contributed by atoms with van der Waals surface area (Å²) in [5.41, 5.74) is -12.5. The van der Waals surface area contributed by atoms with Crippen LogP contribution in [0.25, 0.3) is 0 Å². The third-order valence-electron chi connectivity index (χ3n) is 24.5. The third kappa shape index (κ3) is 27.1. The molecule has 18 rings (SSSR count). The minimum atomic E-state index is -4.02. The van der Waals surface area contributed by atoms with E-state index in [2.05, 4.69) is 0 Å². The van der Waals surface area contributed by atoms with Gasteiger partial charge in [-0.25, -0.2) is 0 Å². The number of nitrogens with zero attached hydrogens (tertiary/aromatic N) is 6. The lowest BCUT2D eigenvalue weighted by Crippen LogP contribution is -2.48. The zero-order valence-corrected chi connectivity index (χ0v) is 81.0. The van der Waals surface area contributed by atoms with Crippen LogP contribution in [0.1, 0.15) is 403 Å². The Labute approximate surface area is 969 Å². The molecule has 0 amide bonds. The first-order valence-electron chi connectivity index (χ1n) is 86.9. The van der Waals surface area contributed by atoms with Gasteiger partial charge in [0.1, 0.15) is 0 Å².